The van der Waals surface area contributed by atoms with Crippen LogP contribution in [0.2, 0.25) is 0 Å². The van der Waals surface area contributed by atoms with E-state index in [1.807, 2.05) is 54.6 Å². The predicted octanol–water partition coefficient (Wildman–Crippen LogP) is 2.22. The molecule has 3 aromatic rings. The first kappa shape index (κ1) is 15.6. The Morgan fingerprint density at radius 2 is 0.957 bits per heavy atom. The van der Waals surface area contributed by atoms with Gasteiger partial charge in [0.15, 0.2) is 0 Å². The van der Waals surface area contributed by atoms with Crippen LogP contribution in [-0.2, 0) is 8.56 Å². The molecule has 3 heteroatoms. The van der Waals surface area contributed by atoms with Crippen LogP contribution in [0.15, 0.2) is 91.0 Å². The SMILES string of the molecule is CC(=O)[O][Ge]([c]1ccccc1)([c]1ccccc1)[c]1ccccc1. The van der Waals surface area contributed by atoms with E-state index in [-0.39, 0.29) is 5.97 Å². The van der Waals surface area contributed by atoms with E-state index >= 15 is 0 Å². The maximum atomic E-state index is 12.0. The minimum atomic E-state index is -3.50. The molecular weight excluding hydrogens is 345 g/mol. The number of hydrogen-bond donors (Lipinski definition) is 0. The van der Waals surface area contributed by atoms with Crippen LogP contribution in [0.1, 0.15) is 6.92 Å². The Kier molecular flexibility index (Phi) is 4.63. The van der Waals surface area contributed by atoms with E-state index < -0.39 is 13.6 Å². The molecule has 2 nitrogen and oxygen atoms in total. The van der Waals surface area contributed by atoms with Crippen molar-refractivity contribution in [3.05, 3.63) is 91.0 Å². The van der Waals surface area contributed by atoms with Gasteiger partial charge in [0.25, 0.3) is 0 Å². The van der Waals surface area contributed by atoms with Gasteiger partial charge in [0.1, 0.15) is 0 Å². The summed E-state index contributed by atoms with van der Waals surface area (Å²) in [4.78, 5) is 12.0. The molecule has 0 atom stereocenters. The van der Waals surface area contributed by atoms with Crippen molar-refractivity contribution in [2.45, 2.75) is 6.92 Å². The van der Waals surface area contributed by atoms with Gasteiger partial charge >= 0.3 is 139 Å². The van der Waals surface area contributed by atoms with Gasteiger partial charge in [-0.05, 0) is 0 Å². The summed E-state index contributed by atoms with van der Waals surface area (Å²) >= 11 is -3.50. The van der Waals surface area contributed by atoms with Gasteiger partial charge in [0.2, 0.25) is 0 Å². The van der Waals surface area contributed by atoms with Gasteiger partial charge in [-0.3, -0.25) is 0 Å². The number of rotatable bonds is 4. The second-order valence-electron chi connectivity index (χ2n) is 5.37. The Morgan fingerprint density at radius 3 is 1.22 bits per heavy atom. The van der Waals surface area contributed by atoms with Crippen molar-refractivity contribution in [2.75, 3.05) is 0 Å². The first-order chi connectivity index (χ1) is 11.2. The zero-order valence-corrected chi connectivity index (χ0v) is 15.1. The molecule has 0 aromatic heterocycles. The van der Waals surface area contributed by atoms with Crippen molar-refractivity contribution < 1.29 is 8.56 Å². The molecule has 0 aliphatic rings. The third-order valence-electron chi connectivity index (χ3n) is 3.84. The van der Waals surface area contributed by atoms with E-state index in [1.165, 1.54) is 6.92 Å². The molecule has 0 radical (unpaired) electrons. The van der Waals surface area contributed by atoms with Crippen molar-refractivity contribution in [2.24, 2.45) is 0 Å². The average Bonchev–Trinajstić information content (AvgIpc) is 2.62. The van der Waals surface area contributed by atoms with E-state index in [2.05, 4.69) is 36.4 Å². The molecule has 0 fully saturated rings. The zero-order chi connectivity index (χ0) is 16.1. The fraction of sp³-hybridized carbons (Fsp3) is 0.0500. The van der Waals surface area contributed by atoms with Crippen LogP contribution in [0.5, 0.6) is 0 Å². The fourth-order valence-electron chi connectivity index (χ4n) is 2.91. The van der Waals surface area contributed by atoms with Crippen LogP contribution in [0.25, 0.3) is 0 Å². The number of carbonyl (C=O) groups excluding carboxylic acids is 1. The quantitative estimate of drug-likeness (QED) is 0.665. The molecule has 0 saturated carbocycles. The van der Waals surface area contributed by atoms with Crippen molar-refractivity contribution in [3.63, 3.8) is 0 Å². The molecule has 0 saturated heterocycles. The molecule has 0 N–H and O–H groups in total. The first-order valence-corrected chi connectivity index (χ1v) is 11.6. The molecule has 0 amide bonds. The van der Waals surface area contributed by atoms with Crippen LogP contribution in [0, 0.1) is 0 Å². The van der Waals surface area contributed by atoms with Crippen molar-refractivity contribution in [1.29, 1.82) is 0 Å². The molecule has 3 aromatic carbocycles. The van der Waals surface area contributed by atoms with Crippen LogP contribution in [-0.4, -0.2) is 19.6 Å². The zero-order valence-electron chi connectivity index (χ0n) is 13.0. The summed E-state index contributed by atoms with van der Waals surface area (Å²) in [5.74, 6) is -0.235. The molecule has 23 heavy (non-hydrogen) atoms. The standard InChI is InChI=1S/C20H18GeO2/c1-17(22)23-21(18-11-5-2-6-12-18,19-13-7-3-8-14-19)20-15-9-4-10-16-20/h2-16H,1H3. The molecule has 114 valence electrons. The summed E-state index contributed by atoms with van der Waals surface area (Å²) in [7, 11) is 0. The predicted molar refractivity (Wildman–Crippen MR) is 95.7 cm³/mol. The third-order valence-corrected chi connectivity index (χ3v) is 12.3. The van der Waals surface area contributed by atoms with Gasteiger partial charge in [0, 0.05) is 0 Å². The van der Waals surface area contributed by atoms with E-state index in [1.54, 1.807) is 0 Å². The Bertz CT molecular complexity index is 674. The Morgan fingerprint density at radius 1 is 0.652 bits per heavy atom. The first-order valence-electron chi connectivity index (χ1n) is 7.59. The molecular formula is C20H18GeO2. The maximum absolute atomic E-state index is 12.0. The molecule has 0 heterocycles. The van der Waals surface area contributed by atoms with Crippen LogP contribution in [0.4, 0.5) is 0 Å². The second kappa shape index (κ2) is 6.84. The van der Waals surface area contributed by atoms with E-state index in [0.29, 0.717) is 0 Å². The van der Waals surface area contributed by atoms with Gasteiger partial charge < -0.3 is 0 Å². The van der Waals surface area contributed by atoms with E-state index in [4.69, 9.17) is 3.76 Å². The van der Waals surface area contributed by atoms with Gasteiger partial charge in [-0.15, -0.1) is 0 Å². The fourth-order valence-corrected chi connectivity index (χ4v) is 10.8. The van der Waals surface area contributed by atoms with Gasteiger partial charge in [-0.1, -0.05) is 0 Å². The normalized spacial score (nSPS) is 11.0. The molecule has 0 aliphatic heterocycles. The molecule has 0 unspecified atom stereocenters. The molecule has 0 bridgehead atoms. The van der Waals surface area contributed by atoms with E-state index in [0.717, 1.165) is 13.2 Å². The number of benzene rings is 3. The van der Waals surface area contributed by atoms with Gasteiger partial charge in [-0.25, -0.2) is 0 Å². The van der Waals surface area contributed by atoms with Crippen molar-refractivity contribution in [3.8, 4) is 0 Å². The Labute approximate surface area is 139 Å². The summed E-state index contributed by atoms with van der Waals surface area (Å²) in [6, 6.07) is 30.4. The topological polar surface area (TPSA) is 26.3 Å². The summed E-state index contributed by atoms with van der Waals surface area (Å²) < 4.78 is 9.48. The summed E-state index contributed by atoms with van der Waals surface area (Å²) in [5, 5.41) is 0. The summed E-state index contributed by atoms with van der Waals surface area (Å²) in [6.07, 6.45) is 0. The molecule has 0 aliphatic carbocycles. The van der Waals surface area contributed by atoms with E-state index in [9.17, 15) is 4.79 Å². The van der Waals surface area contributed by atoms with Crippen LogP contribution < -0.4 is 13.2 Å². The molecule has 0 spiro atoms. The minimum absolute atomic E-state index is 0.235. The van der Waals surface area contributed by atoms with Crippen molar-refractivity contribution in [1.82, 2.24) is 0 Å². The van der Waals surface area contributed by atoms with Gasteiger partial charge in [-0.2, -0.15) is 0 Å². The summed E-state index contributed by atoms with van der Waals surface area (Å²) in [6.45, 7) is 1.49. The third kappa shape index (κ3) is 3.08. The monoisotopic (exact) mass is 364 g/mol. The average molecular weight is 363 g/mol. The second-order valence-corrected chi connectivity index (χ2v) is 12.3. The number of carbonyl (C=O) groups is 1. The van der Waals surface area contributed by atoms with Crippen molar-refractivity contribution >= 4 is 32.8 Å². The Hall–Kier alpha value is -2.33. The van der Waals surface area contributed by atoms with Gasteiger partial charge in [0.05, 0.1) is 0 Å². The van der Waals surface area contributed by atoms with Crippen LogP contribution in [0.3, 0.4) is 0 Å². The Balaban J connectivity index is 2.32. The molecule has 3 rings (SSSR count). The van der Waals surface area contributed by atoms with Crippen LogP contribution >= 0.6 is 0 Å². The number of hydrogen-bond acceptors (Lipinski definition) is 2. The summed E-state index contributed by atoms with van der Waals surface area (Å²) in [5.41, 5.74) is 0.